The molecule has 2 aliphatic rings. The summed E-state index contributed by atoms with van der Waals surface area (Å²) < 4.78 is 0. The highest BCUT2D eigenvalue weighted by Crippen LogP contribution is 2.64. The molecule has 0 fully saturated rings. The molecule has 0 saturated carbocycles. The molecule has 2 atom stereocenters. The summed E-state index contributed by atoms with van der Waals surface area (Å²) in [5.41, 5.74) is 15.2. The van der Waals surface area contributed by atoms with Gasteiger partial charge in [0.25, 0.3) is 0 Å². The monoisotopic (exact) mass is 577 g/mol. The number of nitrogens with zero attached hydrogens (tertiary/aromatic N) is 1. The first-order valence-electron chi connectivity index (χ1n) is 15.9. The maximum atomic E-state index is 2.47. The Morgan fingerprint density at radius 2 is 1.04 bits per heavy atom. The lowest BCUT2D eigenvalue weighted by Crippen LogP contribution is -2.30. The van der Waals surface area contributed by atoms with Gasteiger partial charge in [-0.15, -0.1) is 0 Å². The number of benzene rings is 6. The first-order valence-corrected chi connectivity index (χ1v) is 15.9. The fraction of sp³-hybridized carbons (Fsp3) is 0.0909. The highest BCUT2D eigenvalue weighted by molar-refractivity contribution is 5.93. The Labute approximate surface area is 266 Å². The number of para-hydroxylation sites is 1. The van der Waals surface area contributed by atoms with Crippen molar-refractivity contribution in [3.63, 3.8) is 0 Å². The van der Waals surface area contributed by atoms with Gasteiger partial charge >= 0.3 is 0 Å². The van der Waals surface area contributed by atoms with Crippen molar-refractivity contribution in [3.8, 4) is 22.3 Å². The minimum Gasteiger partial charge on any atom is -0.310 e. The van der Waals surface area contributed by atoms with E-state index in [2.05, 4.69) is 189 Å². The summed E-state index contributed by atoms with van der Waals surface area (Å²) in [5, 5.41) is 0. The minimum absolute atomic E-state index is 0.263. The SMILES string of the molecule is C/C=C\C=C1\c2ccccc2C2(c3ccccc3-c3ccc(N(c4ccccc4)c4ccc(-c5ccccc5)cc4)cc32)C1C. The quantitative estimate of drug-likeness (QED) is 0.197. The van der Waals surface area contributed by atoms with Crippen molar-refractivity contribution >= 4 is 22.6 Å². The van der Waals surface area contributed by atoms with Crippen molar-refractivity contribution in [1.29, 1.82) is 0 Å². The van der Waals surface area contributed by atoms with Gasteiger partial charge in [-0.2, -0.15) is 0 Å². The molecule has 0 radical (unpaired) electrons. The van der Waals surface area contributed by atoms with E-state index in [0.717, 1.165) is 17.1 Å². The van der Waals surface area contributed by atoms with E-state index >= 15 is 0 Å². The van der Waals surface area contributed by atoms with Crippen LogP contribution in [0.1, 0.15) is 36.1 Å². The largest absolute Gasteiger partial charge is 0.310 e. The molecular formula is C44H35N. The van der Waals surface area contributed by atoms with Gasteiger partial charge < -0.3 is 4.90 Å². The third kappa shape index (κ3) is 4.15. The number of hydrogen-bond donors (Lipinski definition) is 0. The van der Waals surface area contributed by atoms with Gasteiger partial charge in [0.05, 0.1) is 5.41 Å². The number of anilines is 3. The van der Waals surface area contributed by atoms with Gasteiger partial charge in [-0.25, -0.2) is 0 Å². The van der Waals surface area contributed by atoms with E-state index in [1.54, 1.807) is 0 Å². The molecule has 0 N–H and O–H groups in total. The van der Waals surface area contributed by atoms with Gasteiger partial charge in [-0.05, 0) is 99.3 Å². The molecule has 2 unspecified atom stereocenters. The van der Waals surface area contributed by atoms with Crippen LogP contribution in [0.3, 0.4) is 0 Å². The van der Waals surface area contributed by atoms with E-state index in [-0.39, 0.29) is 11.3 Å². The van der Waals surface area contributed by atoms with Crippen molar-refractivity contribution in [2.75, 3.05) is 4.90 Å². The summed E-state index contributed by atoms with van der Waals surface area (Å²) in [6.45, 7) is 4.51. The molecule has 0 bridgehead atoms. The van der Waals surface area contributed by atoms with Gasteiger partial charge in [0.15, 0.2) is 0 Å². The minimum atomic E-state index is -0.272. The zero-order chi connectivity index (χ0) is 30.4. The molecule has 1 spiro atoms. The number of fused-ring (bicyclic) bond motifs is 7. The highest BCUT2D eigenvalue weighted by atomic mass is 15.1. The summed E-state index contributed by atoms with van der Waals surface area (Å²) >= 11 is 0. The molecule has 45 heavy (non-hydrogen) atoms. The molecular weight excluding hydrogens is 542 g/mol. The molecule has 6 aromatic rings. The lowest BCUT2D eigenvalue weighted by Gasteiger charge is -2.35. The molecule has 0 aliphatic heterocycles. The predicted octanol–water partition coefficient (Wildman–Crippen LogP) is 11.7. The molecule has 0 saturated heterocycles. The maximum absolute atomic E-state index is 2.47. The zero-order valence-corrected chi connectivity index (χ0v) is 25.7. The third-order valence-electron chi connectivity index (χ3n) is 9.82. The molecule has 0 heterocycles. The maximum Gasteiger partial charge on any atom is 0.0536 e. The average molecular weight is 578 g/mol. The zero-order valence-electron chi connectivity index (χ0n) is 25.7. The van der Waals surface area contributed by atoms with Crippen molar-refractivity contribution in [2.45, 2.75) is 19.3 Å². The molecule has 2 aliphatic carbocycles. The van der Waals surface area contributed by atoms with Crippen LogP contribution in [-0.2, 0) is 5.41 Å². The normalized spacial score (nSPS) is 18.7. The van der Waals surface area contributed by atoms with E-state index in [9.17, 15) is 0 Å². The van der Waals surface area contributed by atoms with Crippen LogP contribution < -0.4 is 4.90 Å². The molecule has 0 amide bonds. The smallest absolute Gasteiger partial charge is 0.0536 e. The van der Waals surface area contributed by atoms with Crippen LogP contribution in [0.2, 0.25) is 0 Å². The van der Waals surface area contributed by atoms with Gasteiger partial charge in [0.1, 0.15) is 0 Å². The first kappa shape index (κ1) is 27.2. The van der Waals surface area contributed by atoms with Crippen molar-refractivity contribution in [1.82, 2.24) is 0 Å². The lowest BCUT2D eigenvalue weighted by atomic mass is 9.67. The standard InChI is InChI=1S/C44H35N/c1-3-4-19-37-31(2)44(41-22-13-11-20-38(37)41)42-23-14-12-21-39(42)40-29-28-36(30-43(40)44)45(34-17-9-6-10-18-34)35-26-24-33(25-27-35)32-15-7-5-8-16-32/h3-31H,1-2H3/b4-3-,37-19+. The second kappa shape index (κ2) is 10.9. The Hall–Kier alpha value is -5.40. The fourth-order valence-electron chi connectivity index (χ4n) is 7.87. The van der Waals surface area contributed by atoms with Crippen LogP contribution in [0.15, 0.2) is 170 Å². The molecule has 0 aromatic heterocycles. The van der Waals surface area contributed by atoms with E-state index in [0.29, 0.717) is 0 Å². The van der Waals surface area contributed by atoms with E-state index < -0.39 is 0 Å². The third-order valence-corrected chi connectivity index (χ3v) is 9.82. The Balaban J connectivity index is 1.34. The first-order chi connectivity index (χ1) is 22.2. The van der Waals surface area contributed by atoms with Crippen LogP contribution in [0.5, 0.6) is 0 Å². The van der Waals surface area contributed by atoms with Gasteiger partial charge in [0.2, 0.25) is 0 Å². The predicted molar refractivity (Wildman–Crippen MR) is 190 cm³/mol. The molecule has 8 rings (SSSR count). The fourth-order valence-corrected chi connectivity index (χ4v) is 7.87. The average Bonchev–Trinajstić information content (AvgIpc) is 3.54. The van der Waals surface area contributed by atoms with E-state index in [1.807, 2.05) is 0 Å². The summed E-state index contributed by atoms with van der Waals surface area (Å²) in [6.07, 6.45) is 6.64. The Bertz CT molecular complexity index is 2070. The van der Waals surface area contributed by atoms with Crippen LogP contribution in [0.4, 0.5) is 17.1 Å². The number of hydrogen-bond acceptors (Lipinski definition) is 1. The van der Waals surface area contributed by atoms with E-state index in [4.69, 9.17) is 0 Å². The van der Waals surface area contributed by atoms with Crippen molar-refractivity contribution in [3.05, 3.63) is 192 Å². The summed E-state index contributed by atoms with van der Waals surface area (Å²) in [5.74, 6) is 0.263. The van der Waals surface area contributed by atoms with Gasteiger partial charge in [0, 0.05) is 17.1 Å². The lowest BCUT2D eigenvalue weighted by molar-refractivity contribution is 0.531. The Morgan fingerprint density at radius 1 is 0.511 bits per heavy atom. The number of allylic oxidation sites excluding steroid dienone is 4. The van der Waals surface area contributed by atoms with Crippen molar-refractivity contribution < 1.29 is 0 Å². The number of rotatable bonds is 5. The van der Waals surface area contributed by atoms with Gasteiger partial charge in [-0.3, -0.25) is 0 Å². The Kier molecular flexibility index (Phi) is 6.61. The summed E-state index contributed by atoms with van der Waals surface area (Å²) in [7, 11) is 0. The van der Waals surface area contributed by atoms with Crippen LogP contribution in [0.25, 0.3) is 27.8 Å². The summed E-state index contributed by atoms with van der Waals surface area (Å²) in [4.78, 5) is 2.40. The van der Waals surface area contributed by atoms with Crippen LogP contribution in [0, 0.1) is 5.92 Å². The molecule has 1 nitrogen and oxygen atoms in total. The van der Waals surface area contributed by atoms with E-state index in [1.165, 1.54) is 50.1 Å². The second-order valence-corrected chi connectivity index (χ2v) is 12.1. The van der Waals surface area contributed by atoms with Crippen LogP contribution >= 0.6 is 0 Å². The second-order valence-electron chi connectivity index (χ2n) is 12.1. The Morgan fingerprint density at radius 3 is 1.76 bits per heavy atom. The van der Waals surface area contributed by atoms with Gasteiger partial charge in [-0.1, -0.05) is 140 Å². The summed E-state index contributed by atoms with van der Waals surface area (Å²) in [6, 6.07) is 55.6. The molecule has 1 heteroatoms. The molecule has 6 aromatic carbocycles. The van der Waals surface area contributed by atoms with Crippen LogP contribution in [-0.4, -0.2) is 0 Å². The van der Waals surface area contributed by atoms with Crippen molar-refractivity contribution in [2.24, 2.45) is 5.92 Å². The molecule has 216 valence electrons. The highest BCUT2D eigenvalue weighted by Gasteiger charge is 2.54. The topological polar surface area (TPSA) is 3.24 Å².